The fraction of sp³-hybridized carbons (Fsp3) is 0.474. The predicted molar refractivity (Wildman–Crippen MR) is 91.3 cm³/mol. The van der Waals surface area contributed by atoms with Crippen molar-refractivity contribution in [3.63, 3.8) is 0 Å². The largest absolute Gasteiger partial charge is 0.458 e. The van der Waals surface area contributed by atoms with Crippen LogP contribution in [0.5, 0.6) is 0 Å². The van der Waals surface area contributed by atoms with Crippen molar-refractivity contribution in [1.29, 1.82) is 0 Å². The Morgan fingerprint density at radius 1 is 1.25 bits per heavy atom. The molecule has 2 atom stereocenters. The van der Waals surface area contributed by atoms with Gasteiger partial charge in [0, 0.05) is 0 Å². The zero-order valence-electron chi connectivity index (χ0n) is 14.5. The molecule has 0 bridgehead atoms. The molecule has 2 rings (SSSR count). The van der Waals surface area contributed by atoms with Crippen molar-refractivity contribution in [1.82, 2.24) is 4.90 Å². The Hall–Kier alpha value is -2.30. The van der Waals surface area contributed by atoms with Crippen LogP contribution in [0, 0.1) is 0 Å². The Morgan fingerprint density at radius 2 is 1.92 bits per heavy atom. The van der Waals surface area contributed by atoms with Crippen LogP contribution in [0.1, 0.15) is 39.2 Å². The first-order valence-corrected chi connectivity index (χ1v) is 8.16. The second kappa shape index (κ2) is 7.51. The Morgan fingerprint density at radius 3 is 2.50 bits per heavy atom. The summed E-state index contributed by atoms with van der Waals surface area (Å²) in [5.74, 6) is -0.400. The SMILES string of the molecule is C=CC1CC[C@@H](C(=O)OC(C)(C)C)N1C(=O)OCc1ccccc1. The van der Waals surface area contributed by atoms with Crippen molar-refractivity contribution >= 4 is 12.1 Å². The summed E-state index contributed by atoms with van der Waals surface area (Å²) in [6, 6.07) is 8.59. The third-order valence-electron chi connectivity index (χ3n) is 3.80. The lowest BCUT2D eigenvalue weighted by Gasteiger charge is -2.29. The van der Waals surface area contributed by atoms with Gasteiger partial charge in [-0.05, 0) is 39.2 Å². The minimum atomic E-state index is -0.629. The highest BCUT2D eigenvalue weighted by atomic mass is 16.6. The zero-order chi connectivity index (χ0) is 17.7. The molecule has 0 aromatic heterocycles. The molecule has 0 spiro atoms. The first-order valence-electron chi connectivity index (χ1n) is 8.16. The summed E-state index contributed by atoms with van der Waals surface area (Å²) >= 11 is 0. The third-order valence-corrected chi connectivity index (χ3v) is 3.80. The highest BCUT2D eigenvalue weighted by Gasteiger charge is 2.42. The maximum absolute atomic E-state index is 12.5. The zero-order valence-corrected chi connectivity index (χ0v) is 14.5. The van der Waals surface area contributed by atoms with Crippen molar-refractivity contribution in [3.05, 3.63) is 48.6 Å². The van der Waals surface area contributed by atoms with Crippen LogP contribution in [0.25, 0.3) is 0 Å². The molecule has 0 radical (unpaired) electrons. The smallest absolute Gasteiger partial charge is 0.411 e. The molecule has 24 heavy (non-hydrogen) atoms. The normalized spacial score (nSPS) is 20.5. The van der Waals surface area contributed by atoms with E-state index in [2.05, 4.69) is 6.58 Å². The maximum atomic E-state index is 12.5. The van der Waals surface area contributed by atoms with Crippen molar-refractivity contribution in [2.75, 3.05) is 0 Å². The van der Waals surface area contributed by atoms with E-state index in [1.54, 1.807) is 6.08 Å². The van der Waals surface area contributed by atoms with Gasteiger partial charge in [0.05, 0.1) is 6.04 Å². The highest BCUT2D eigenvalue weighted by molar-refractivity contribution is 5.82. The summed E-state index contributed by atoms with van der Waals surface area (Å²) in [7, 11) is 0. The number of esters is 1. The molecule has 1 aromatic carbocycles. The van der Waals surface area contributed by atoms with Gasteiger partial charge in [-0.2, -0.15) is 0 Å². The van der Waals surface area contributed by atoms with Gasteiger partial charge >= 0.3 is 12.1 Å². The molecular weight excluding hydrogens is 306 g/mol. The van der Waals surface area contributed by atoms with Crippen LogP contribution in [-0.4, -0.2) is 34.6 Å². The summed E-state index contributed by atoms with van der Waals surface area (Å²) in [5.41, 5.74) is 0.303. The maximum Gasteiger partial charge on any atom is 0.411 e. The lowest BCUT2D eigenvalue weighted by molar-refractivity contribution is -0.160. The van der Waals surface area contributed by atoms with E-state index >= 15 is 0 Å². The van der Waals surface area contributed by atoms with Crippen molar-refractivity contribution < 1.29 is 19.1 Å². The molecule has 1 unspecified atom stereocenters. The van der Waals surface area contributed by atoms with Gasteiger partial charge in [0.15, 0.2) is 0 Å². The number of rotatable bonds is 4. The fourth-order valence-corrected chi connectivity index (χ4v) is 2.73. The third kappa shape index (κ3) is 4.60. The average Bonchev–Trinajstić information content (AvgIpc) is 2.96. The molecule has 0 N–H and O–H groups in total. The van der Waals surface area contributed by atoms with E-state index in [4.69, 9.17) is 9.47 Å². The Bertz CT molecular complexity index is 591. The minimum Gasteiger partial charge on any atom is -0.458 e. The molecule has 1 amide bonds. The molecule has 1 aliphatic heterocycles. The van der Waals surface area contributed by atoms with Crippen LogP contribution in [-0.2, 0) is 20.9 Å². The second-order valence-electron chi connectivity index (χ2n) is 6.88. The lowest BCUT2D eigenvalue weighted by atomic mass is 10.1. The van der Waals surface area contributed by atoms with Gasteiger partial charge in [-0.25, -0.2) is 9.59 Å². The number of ether oxygens (including phenoxy) is 2. The Kier molecular flexibility index (Phi) is 5.65. The van der Waals surface area contributed by atoms with Crippen LogP contribution >= 0.6 is 0 Å². The summed E-state index contributed by atoms with van der Waals surface area (Å²) in [6.07, 6.45) is 2.38. The average molecular weight is 331 g/mol. The van der Waals surface area contributed by atoms with Gasteiger partial charge in [-0.15, -0.1) is 6.58 Å². The number of hydrogen-bond donors (Lipinski definition) is 0. The molecular formula is C19H25NO4. The molecule has 1 aliphatic rings. The molecule has 5 nitrogen and oxygen atoms in total. The van der Waals surface area contributed by atoms with Gasteiger partial charge in [-0.1, -0.05) is 36.4 Å². The highest BCUT2D eigenvalue weighted by Crippen LogP contribution is 2.28. The molecule has 0 aliphatic carbocycles. The number of carbonyl (C=O) groups is 2. The molecule has 5 heteroatoms. The second-order valence-corrected chi connectivity index (χ2v) is 6.88. The number of amides is 1. The Labute approximate surface area is 143 Å². The van der Waals surface area contributed by atoms with Gasteiger partial charge in [-0.3, -0.25) is 4.90 Å². The van der Waals surface area contributed by atoms with E-state index < -0.39 is 23.7 Å². The van der Waals surface area contributed by atoms with Crippen LogP contribution in [0.3, 0.4) is 0 Å². The fourth-order valence-electron chi connectivity index (χ4n) is 2.73. The topological polar surface area (TPSA) is 55.8 Å². The molecule has 0 saturated carbocycles. The molecule has 130 valence electrons. The van der Waals surface area contributed by atoms with Gasteiger partial charge < -0.3 is 9.47 Å². The number of carbonyl (C=O) groups excluding carboxylic acids is 2. The van der Waals surface area contributed by atoms with Gasteiger partial charge in [0.2, 0.25) is 0 Å². The summed E-state index contributed by atoms with van der Waals surface area (Å²) < 4.78 is 10.8. The van der Waals surface area contributed by atoms with E-state index in [1.807, 2.05) is 51.1 Å². The van der Waals surface area contributed by atoms with Crippen LogP contribution in [0.15, 0.2) is 43.0 Å². The molecule has 1 heterocycles. The number of likely N-dealkylation sites (tertiary alicyclic amines) is 1. The van der Waals surface area contributed by atoms with Crippen LogP contribution in [0.2, 0.25) is 0 Å². The van der Waals surface area contributed by atoms with Crippen molar-refractivity contribution in [2.24, 2.45) is 0 Å². The first-order chi connectivity index (χ1) is 11.3. The predicted octanol–water partition coefficient (Wildman–Crippen LogP) is 3.68. The molecule has 1 fully saturated rings. The van der Waals surface area contributed by atoms with Crippen LogP contribution in [0.4, 0.5) is 4.79 Å². The van der Waals surface area contributed by atoms with Gasteiger partial charge in [0.1, 0.15) is 18.2 Å². The summed E-state index contributed by atoms with van der Waals surface area (Å²) in [4.78, 5) is 26.4. The minimum absolute atomic E-state index is 0.168. The number of nitrogens with zero attached hydrogens (tertiary/aromatic N) is 1. The standard InChI is InChI=1S/C19H25NO4/c1-5-15-11-12-16(17(21)24-19(2,3)4)20(15)18(22)23-13-14-9-7-6-8-10-14/h5-10,15-16H,1,11-13H2,2-4H3/t15?,16-/m0/s1. The van der Waals surface area contributed by atoms with E-state index in [-0.39, 0.29) is 12.6 Å². The van der Waals surface area contributed by atoms with Gasteiger partial charge in [0.25, 0.3) is 0 Å². The summed E-state index contributed by atoms with van der Waals surface area (Å²) in [6.45, 7) is 9.35. The first kappa shape index (κ1) is 18.0. The van der Waals surface area contributed by atoms with Crippen molar-refractivity contribution in [3.8, 4) is 0 Å². The van der Waals surface area contributed by atoms with Crippen molar-refractivity contribution in [2.45, 2.75) is 57.9 Å². The Balaban J connectivity index is 2.05. The quantitative estimate of drug-likeness (QED) is 0.624. The lowest BCUT2D eigenvalue weighted by Crippen LogP contribution is -2.46. The molecule has 1 aromatic rings. The summed E-state index contributed by atoms with van der Waals surface area (Å²) in [5, 5.41) is 0. The van der Waals surface area contributed by atoms with E-state index in [1.165, 1.54) is 4.90 Å². The van der Waals surface area contributed by atoms with E-state index in [0.29, 0.717) is 12.8 Å². The number of benzene rings is 1. The van der Waals surface area contributed by atoms with E-state index in [0.717, 1.165) is 5.56 Å². The van der Waals surface area contributed by atoms with E-state index in [9.17, 15) is 9.59 Å². The molecule has 1 saturated heterocycles. The number of hydrogen-bond acceptors (Lipinski definition) is 4. The monoisotopic (exact) mass is 331 g/mol. The van der Waals surface area contributed by atoms with Crippen LogP contribution < -0.4 is 0 Å².